The van der Waals surface area contributed by atoms with Crippen molar-refractivity contribution in [1.82, 2.24) is 14.6 Å². The summed E-state index contributed by atoms with van der Waals surface area (Å²) < 4.78 is 1.24. The third-order valence-corrected chi connectivity index (χ3v) is 5.72. The highest BCUT2D eigenvalue weighted by molar-refractivity contribution is 7.14. The van der Waals surface area contributed by atoms with Crippen LogP contribution in [0.4, 0.5) is 0 Å². The van der Waals surface area contributed by atoms with Gasteiger partial charge in [0.05, 0.1) is 11.8 Å². The van der Waals surface area contributed by atoms with Crippen LogP contribution in [0.1, 0.15) is 5.56 Å². The van der Waals surface area contributed by atoms with Crippen LogP contribution in [-0.4, -0.2) is 19.7 Å². The maximum atomic E-state index is 12.9. The summed E-state index contributed by atoms with van der Waals surface area (Å²) in [7, 11) is 0. The number of aliphatic hydroxyl groups is 1. The largest absolute Gasteiger partial charge is 0.506 e. The normalized spacial score (nSPS) is 12.3. The molecule has 0 spiro atoms. The second-order valence-electron chi connectivity index (χ2n) is 6.55. The average Bonchev–Trinajstić information content (AvgIpc) is 3.42. The number of fused-ring (bicyclic) bond motifs is 1. The Labute approximate surface area is 169 Å². The Morgan fingerprint density at radius 3 is 2.41 bits per heavy atom. The number of rotatable bonds is 3. The van der Waals surface area contributed by atoms with E-state index in [-0.39, 0.29) is 11.0 Å². The summed E-state index contributed by atoms with van der Waals surface area (Å²) in [5.74, 6) is -0.107. The molecule has 0 unspecified atom stereocenters. The number of benzene rings is 2. The van der Waals surface area contributed by atoms with Crippen LogP contribution in [0.25, 0.3) is 33.0 Å². The van der Waals surface area contributed by atoms with E-state index < -0.39 is 5.56 Å². The quantitative estimate of drug-likeness (QED) is 0.501. The summed E-state index contributed by atoms with van der Waals surface area (Å²) in [5, 5.41) is 17.0. The Balaban J connectivity index is 1.63. The zero-order chi connectivity index (χ0) is 19.8. The molecule has 0 fully saturated rings. The van der Waals surface area contributed by atoms with Crippen molar-refractivity contribution in [2.45, 2.75) is 0 Å². The third-order valence-electron chi connectivity index (χ3n) is 4.76. The van der Waals surface area contributed by atoms with E-state index in [4.69, 9.17) is 0 Å². The second kappa shape index (κ2) is 7.00. The van der Waals surface area contributed by atoms with Gasteiger partial charge in [-0.25, -0.2) is 4.98 Å². The summed E-state index contributed by atoms with van der Waals surface area (Å²) >= 11 is 1.58. The molecule has 5 rings (SSSR count). The van der Waals surface area contributed by atoms with E-state index in [1.165, 1.54) is 10.7 Å². The third kappa shape index (κ3) is 2.99. The van der Waals surface area contributed by atoms with Crippen molar-refractivity contribution >= 4 is 22.7 Å². The van der Waals surface area contributed by atoms with Crippen molar-refractivity contribution in [3.05, 3.63) is 106 Å². The van der Waals surface area contributed by atoms with E-state index >= 15 is 0 Å². The molecule has 5 nitrogen and oxygen atoms in total. The Kier molecular flexibility index (Phi) is 4.18. The molecule has 0 atom stereocenters. The number of aliphatic hydroxyl groups excluding tert-OH is 1. The van der Waals surface area contributed by atoms with Crippen LogP contribution in [0.3, 0.4) is 0 Å². The van der Waals surface area contributed by atoms with Crippen molar-refractivity contribution < 1.29 is 5.11 Å². The maximum Gasteiger partial charge on any atom is 0.285 e. The van der Waals surface area contributed by atoms with E-state index in [1.807, 2.05) is 24.3 Å². The van der Waals surface area contributed by atoms with Gasteiger partial charge in [-0.2, -0.15) is 9.61 Å². The molecule has 2 aromatic carbocycles. The first-order valence-corrected chi connectivity index (χ1v) is 9.90. The molecular weight excluding hydrogens is 382 g/mol. The zero-order valence-electron chi connectivity index (χ0n) is 15.2. The van der Waals surface area contributed by atoms with Crippen LogP contribution >= 0.6 is 11.3 Å². The lowest BCUT2D eigenvalue weighted by atomic mass is 10.1. The summed E-state index contributed by atoms with van der Waals surface area (Å²) in [6, 6.07) is 21.1. The number of nitrogens with zero attached hydrogens (tertiary/aromatic N) is 3. The molecule has 0 aliphatic carbocycles. The van der Waals surface area contributed by atoms with Crippen LogP contribution in [0.5, 0.6) is 0 Å². The molecule has 0 radical (unpaired) electrons. The minimum atomic E-state index is -0.401. The lowest BCUT2D eigenvalue weighted by Gasteiger charge is -2.00. The van der Waals surface area contributed by atoms with E-state index in [2.05, 4.69) is 33.7 Å². The van der Waals surface area contributed by atoms with Crippen LogP contribution in [0, 0.1) is 0 Å². The standard InChI is InChI=1S/C23H15N3O2S/c27-21(16-9-5-2-6-10-16)19-12-24-22-18(13-25-26(22)23(19)28)20-11-17(14-29-20)15-7-3-1-4-8-15/h1-14,27H. The van der Waals surface area contributed by atoms with Crippen molar-refractivity contribution in [2.75, 3.05) is 0 Å². The molecule has 0 amide bonds. The average molecular weight is 397 g/mol. The minimum Gasteiger partial charge on any atom is -0.506 e. The highest BCUT2D eigenvalue weighted by atomic mass is 32.1. The monoisotopic (exact) mass is 397 g/mol. The van der Waals surface area contributed by atoms with E-state index in [9.17, 15) is 9.90 Å². The van der Waals surface area contributed by atoms with Crippen molar-refractivity contribution in [2.24, 2.45) is 0 Å². The zero-order valence-corrected chi connectivity index (χ0v) is 16.0. The second-order valence-corrected chi connectivity index (χ2v) is 7.46. The fourth-order valence-corrected chi connectivity index (χ4v) is 4.18. The van der Waals surface area contributed by atoms with Gasteiger partial charge in [-0.15, -0.1) is 11.3 Å². The van der Waals surface area contributed by atoms with Gasteiger partial charge in [0, 0.05) is 16.6 Å². The lowest BCUT2D eigenvalue weighted by molar-refractivity contribution is 0.506. The topological polar surface area (TPSA) is 67.5 Å². The Bertz CT molecular complexity index is 1420. The Hall–Kier alpha value is -3.77. The van der Waals surface area contributed by atoms with Crippen LogP contribution in [0.2, 0.25) is 0 Å². The predicted molar refractivity (Wildman–Crippen MR) is 115 cm³/mol. The van der Waals surface area contributed by atoms with Crippen molar-refractivity contribution in [3.8, 4) is 21.6 Å². The molecule has 0 aliphatic rings. The first-order chi connectivity index (χ1) is 14.2. The first-order valence-electron chi connectivity index (χ1n) is 9.02. The molecular formula is C23H15N3O2S. The fourth-order valence-electron chi connectivity index (χ4n) is 3.26. The molecule has 1 N–H and O–H groups in total. The molecule has 0 bridgehead atoms. The Morgan fingerprint density at radius 2 is 1.66 bits per heavy atom. The van der Waals surface area contributed by atoms with Crippen molar-refractivity contribution in [3.63, 3.8) is 0 Å². The summed E-state index contributed by atoms with van der Waals surface area (Å²) in [5.41, 5.74) is 3.67. The molecule has 0 aliphatic heterocycles. The smallest absolute Gasteiger partial charge is 0.285 e. The van der Waals surface area contributed by atoms with Gasteiger partial charge in [0.1, 0.15) is 11.0 Å². The molecule has 29 heavy (non-hydrogen) atoms. The van der Waals surface area contributed by atoms with E-state index in [0.29, 0.717) is 11.2 Å². The molecule has 0 saturated heterocycles. The molecule has 3 heterocycles. The molecule has 3 aromatic heterocycles. The number of aromatic nitrogens is 3. The van der Waals surface area contributed by atoms with Crippen LogP contribution in [0.15, 0.2) is 89.3 Å². The molecule has 0 saturated carbocycles. The maximum absolute atomic E-state index is 12.9. The van der Waals surface area contributed by atoms with Gasteiger partial charge >= 0.3 is 0 Å². The predicted octanol–water partition coefficient (Wildman–Crippen LogP) is 3.92. The first kappa shape index (κ1) is 17.3. The molecule has 140 valence electrons. The summed E-state index contributed by atoms with van der Waals surface area (Å²) in [6.45, 7) is 0. The van der Waals surface area contributed by atoms with Gasteiger partial charge in [0.25, 0.3) is 5.56 Å². The van der Waals surface area contributed by atoms with Gasteiger partial charge < -0.3 is 5.11 Å². The van der Waals surface area contributed by atoms with Crippen molar-refractivity contribution in [1.29, 1.82) is 0 Å². The SMILES string of the molecule is O=c1c(=C(O)c2ccccc2)cnc2c(-c3cc(-c4ccccc4)cs3)cnn12. The van der Waals surface area contributed by atoms with Gasteiger partial charge in [-0.1, -0.05) is 60.7 Å². The summed E-state index contributed by atoms with van der Waals surface area (Å²) in [6.07, 6.45) is 3.06. The van der Waals surface area contributed by atoms with Gasteiger partial charge in [0.15, 0.2) is 5.65 Å². The van der Waals surface area contributed by atoms with E-state index in [1.54, 1.807) is 41.8 Å². The minimum absolute atomic E-state index is 0.107. The van der Waals surface area contributed by atoms with Gasteiger partial charge in [-0.05, 0) is 22.6 Å². The number of hydrogen-bond acceptors (Lipinski definition) is 5. The highest BCUT2D eigenvalue weighted by Crippen LogP contribution is 2.33. The van der Waals surface area contributed by atoms with Gasteiger partial charge in [0.2, 0.25) is 0 Å². The molecule has 5 aromatic rings. The number of hydrogen-bond donors (Lipinski definition) is 1. The number of thiophene rings is 1. The van der Waals surface area contributed by atoms with Crippen LogP contribution < -0.4 is 10.8 Å². The van der Waals surface area contributed by atoms with Gasteiger partial charge in [-0.3, -0.25) is 4.79 Å². The Morgan fingerprint density at radius 1 is 0.931 bits per heavy atom. The highest BCUT2D eigenvalue weighted by Gasteiger charge is 2.14. The summed E-state index contributed by atoms with van der Waals surface area (Å²) in [4.78, 5) is 18.3. The van der Waals surface area contributed by atoms with E-state index in [0.717, 1.165) is 21.6 Å². The lowest BCUT2D eigenvalue weighted by Crippen LogP contribution is -2.34. The fraction of sp³-hybridized carbons (Fsp3) is 0. The van der Waals surface area contributed by atoms with Crippen LogP contribution in [-0.2, 0) is 0 Å². The molecule has 6 heteroatoms.